The van der Waals surface area contributed by atoms with E-state index < -0.39 is 0 Å². The zero-order valence-electron chi connectivity index (χ0n) is 11.1. The third-order valence-corrected chi connectivity index (χ3v) is 3.91. The molecule has 0 radical (unpaired) electrons. The van der Waals surface area contributed by atoms with Gasteiger partial charge in [0.1, 0.15) is 0 Å². The molecule has 0 bridgehead atoms. The summed E-state index contributed by atoms with van der Waals surface area (Å²) in [5.74, 6) is -0.0849. The molecular weight excluding hydrogens is 308 g/mol. The first-order valence-electron chi connectivity index (χ1n) is 6.18. The Morgan fingerprint density at radius 1 is 1.29 bits per heavy atom. The standard InChI is InChI=1S/C14H11ClN4OS/c1-9(20)16-10-4-6-11(7-5-10)21-12-3-2-8-19-13(12)17-14(15)18-19/h2-8H,1H3,(H,16,20). The molecule has 1 amide bonds. The largest absolute Gasteiger partial charge is 0.326 e. The van der Waals surface area contributed by atoms with Crippen LogP contribution in [0.2, 0.25) is 5.28 Å². The van der Waals surface area contributed by atoms with E-state index in [-0.39, 0.29) is 11.2 Å². The molecule has 0 aliphatic carbocycles. The molecule has 106 valence electrons. The van der Waals surface area contributed by atoms with Crippen molar-refractivity contribution >= 4 is 40.6 Å². The number of anilines is 1. The molecular formula is C14H11ClN4OS. The number of amides is 1. The van der Waals surface area contributed by atoms with Gasteiger partial charge in [-0.15, -0.1) is 5.10 Å². The van der Waals surface area contributed by atoms with Crippen LogP contribution in [0.25, 0.3) is 5.65 Å². The van der Waals surface area contributed by atoms with Gasteiger partial charge < -0.3 is 5.32 Å². The van der Waals surface area contributed by atoms with Gasteiger partial charge in [0.15, 0.2) is 5.65 Å². The van der Waals surface area contributed by atoms with Crippen molar-refractivity contribution in [2.45, 2.75) is 16.7 Å². The van der Waals surface area contributed by atoms with Crippen molar-refractivity contribution in [3.05, 3.63) is 47.9 Å². The molecule has 0 atom stereocenters. The molecule has 7 heteroatoms. The Bertz CT molecular complexity index is 800. The first-order valence-corrected chi connectivity index (χ1v) is 7.38. The molecule has 2 heterocycles. The van der Waals surface area contributed by atoms with Gasteiger partial charge in [0.2, 0.25) is 11.2 Å². The second-order valence-electron chi connectivity index (χ2n) is 4.33. The minimum Gasteiger partial charge on any atom is -0.326 e. The summed E-state index contributed by atoms with van der Waals surface area (Å²) in [4.78, 5) is 17.2. The molecule has 0 aliphatic rings. The Morgan fingerprint density at radius 3 is 2.76 bits per heavy atom. The lowest BCUT2D eigenvalue weighted by atomic mass is 10.3. The summed E-state index contributed by atoms with van der Waals surface area (Å²) < 4.78 is 1.65. The van der Waals surface area contributed by atoms with Crippen LogP contribution in [0.3, 0.4) is 0 Å². The van der Waals surface area contributed by atoms with E-state index in [2.05, 4.69) is 15.4 Å². The molecule has 1 N–H and O–H groups in total. The second kappa shape index (κ2) is 5.75. The van der Waals surface area contributed by atoms with Gasteiger partial charge in [-0.1, -0.05) is 11.8 Å². The van der Waals surface area contributed by atoms with Crippen molar-refractivity contribution in [1.29, 1.82) is 0 Å². The van der Waals surface area contributed by atoms with Crippen LogP contribution in [-0.4, -0.2) is 20.5 Å². The topological polar surface area (TPSA) is 59.3 Å². The van der Waals surface area contributed by atoms with Crippen molar-refractivity contribution in [1.82, 2.24) is 14.6 Å². The molecule has 0 saturated heterocycles. The Labute approximate surface area is 130 Å². The Morgan fingerprint density at radius 2 is 2.05 bits per heavy atom. The molecule has 0 aliphatic heterocycles. The maximum Gasteiger partial charge on any atom is 0.243 e. The average molecular weight is 319 g/mol. The summed E-state index contributed by atoms with van der Waals surface area (Å²) in [6.45, 7) is 1.48. The third kappa shape index (κ3) is 3.17. The number of benzene rings is 1. The molecule has 0 unspecified atom stereocenters. The summed E-state index contributed by atoms with van der Waals surface area (Å²) in [6, 6.07) is 11.5. The van der Waals surface area contributed by atoms with E-state index in [9.17, 15) is 4.79 Å². The Kier molecular flexibility index (Phi) is 3.81. The van der Waals surface area contributed by atoms with Crippen molar-refractivity contribution in [3.63, 3.8) is 0 Å². The van der Waals surface area contributed by atoms with Gasteiger partial charge in [0.05, 0.1) is 4.90 Å². The minimum absolute atomic E-state index is 0.0849. The van der Waals surface area contributed by atoms with Gasteiger partial charge in [-0.25, -0.2) is 4.52 Å². The van der Waals surface area contributed by atoms with Crippen molar-refractivity contribution in [3.8, 4) is 0 Å². The minimum atomic E-state index is -0.0849. The molecule has 3 aromatic rings. The Balaban J connectivity index is 1.86. The molecule has 0 fully saturated rings. The van der Waals surface area contributed by atoms with E-state index in [0.29, 0.717) is 0 Å². The highest BCUT2D eigenvalue weighted by molar-refractivity contribution is 7.99. The van der Waals surface area contributed by atoms with E-state index in [4.69, 9.17) is 11.6 Å². The lowest BCUT2D eigenvalue weighted by molar-refractivity contribution is -0.114. The molecule has 1 aromatic carbocycles. The number of pyridine rings is 1. The van der Waals surface area contributed by atoms with Crippen molar-refractivity contribution in [2.75, 3.05) is 5.32 Å². The first kappa shape index (κ1) is 13.9. The number of halogens is 1. The average Bonchev–Trinajstić information content (AvgIpc) is 2.82. The fraction of sp³-hybridized carbons (Fsp3) is 0.0714. The lowest BCUT2D eigenvalue weighted by Gasteiger charge is -2.05. The summed E-state index contributed by atoms with van der Waals surface area (Å²) in [5, 5.41) is 7.04. The quantitative estimate of drug-likeness (QED) is 0.803. The highest BCUT2D eigenvalue weighted by Gasteiger charge is 2.08. The number of carbonyl (C=O) groups excluding carboxylic acids is 1. The number of hydrogen-bond donors (Lipinski definition) is 1. The van der Waals surface area contributed by atoms with Crippen LogP contribution in [0.4, 0.5) is 5.69 Å². The van der Waals surface area contributed by atoms with Crippen LogP contribution in [0.5, 0.6) is 0 Å². The van der Waals surface area contributed by atoms with Gasteiger partial charge in [-0.3, -0.25) is 4.79 Å². The number of fused-ring (bicyclic) bond motifs is 1. The van der Waals surface area contributed by atoms with E-state index in [1.165, 1.54) is 6.92 Å². The van der Waals surface area contributed by atoms with Crippen LogP contribution in [0.1, 0.15) is 6.92 Å². The second-order valence-corrected chi connectivity index (χ2v) is 5.78. The number of carbonyl (C=O) groups is 1. The van der Waals surface area contributed by atoms with Gasteiger partial charge in [-0.05, 0) is 48.0 Å². The molecule has 21 heavy (non-hydrogen) atoms. The first-order chi connectivity index (χ1) is 10.1. The van der Waals surface area contributed by atoms with Crippen LogP contribution >= 0.6 is 23.4 Å². The highest BCUT2D eigenvalue weighted by atomic mass is 35.5. The molecule has 0 spiro atoms. The fourth-order valence-electron chi connectivity index (χ4n) is 1.87. The number of hydrogen-bond acceptors (Lipinski definition) is 4. The van der Waals surface area contributed by atoms with Gasteiger partial charge in [-0.2, -0.15) is 4.98 Å². The monoisotopic (exact) mass is 318 g/mol. The summed E-state index contributed by atoms with van der Waals surface area (Å²) in [5.41, 5.74) is 1.49. The zero-order chi connectivity index (χ0) is 14.8. The van der Waals surface area contributed by atoms with Crippen LogP contribution < -0.4 is 5.32 Å². The summed E-state index contributed by atoms with van der Waals surface area (Å²) in [6.07, 6.45) is 1.80. The smallest absolute Gasteiger partial charge is 0.243 e. The number of nitrogens with zero attached hydrogens (tertiary/aromatic N) is 3. The van der Waals surface area contributed by atoms with Gasteiger partial charge >= 0.3 is 0 Å². The van der Waals surface area contributed by atoms with Crippen molar-refractivity contribution < 1.29 is 4.79 Å². The van der Waals surface area contributed by atoms with E-state index >= 15 is 0 Å². The summed E-state index contributed by atoms with van der Waals surface area (Å²) in [7, 11) is 0. The van der Waals surface area contributed by atoms with Crippen LogP contribution in [0.15, 0.2) is 52.4 Å². The predicted molar refractivity (Wildman–Crippen MR) is 82.9 cm³/mol. The van der Waals surface area contributed by atoms with Gasteiger partial charge in [0, 0.05) is 23.7 Å². The SMILES string of the molecule is CC(=O)Nc1ccc(Sc2cccn3nc(Cl)nc23)cc1. The van der Waals surface area contributed by atoms with Gasteiger partial charge in [0.25, 0.3) is 0 Å². The fourth-order valence-corrected chi connectivity index (χ4v) is 2.94. The Hall–Kier alpha value is -2.05. The number of rotatable bonds is 3. The van der Waals surface area contributed by atoms with E-state index in [0.717, 1.165) is 21.1 Å². The number of aromatic nitrogens is 3. The highest BCUT2D eigenvalue weighted by Crippen LogP contribution is 2.31. The van der Waals surface area contributed by atoms with E-state index in [1.807, 2.05) is 36.4 Å². The molecule has 5 nitrogen and oxygen atoms in total. The van der Waals surface area contributed by atoms with Crippen LogP contribution in [-0.2, 0) is 4.79 Å². The number of nitrogens with one attached hydrogen (secondary N) is 1. The predicted octanol–water partition coefficient (Wildman–Crippen LogP) is 3.49. The zero-order valence-corrected chi connectivity index (χ0v) is 12.6. The lowest BCUT2D eigenvalue weighted by Crippen LogP contribution is -2.05. The molecule has 3 rings (SSSR count). The molecule has 2 aromatic heterocycles. The van der Waals surface area contributed by atoms with Crippen molar-refractivity contribution in [2.24, 2.45) is 0 Å². The third-order valence-electron chi connectivity index (χ3n) is 2.70. The molecule has 0 saturated carbocycles. The summed E-state index contributed by atoms with van der Waals surface area (Å²) >= 11 is 7.40. The maximum absolute atomic E-state index is 11.0. The normalized spacial score (nSPS) is 10.8. The maximum atomic E-state index is 11.0. The van der Waals surface area contributed by atoms with E-state index in [1.54, 1.807) is 22.5 Å². The van der Waals surface area contributed by atoms with Crippen LogP contribution in [0, 0.1) is 0 Å².